The van der Waals surface area contributed by atoms with Crippen LogP contribution < -0.4 is 0 Å². The summed E-state index contributed by atoms with van der Waals surface area (Å²) < 4.78 is 0. The fourth-order valence-corrected chi connectivity index (χ4v) is 6.38. The van der Waals surface area contributed by atoms with Crippen LogP contribution in [0.1, 0.15) is 63.0 Å². The van der Waals surface area contributed by atoms with Gasteiger partial charge in [0.05, 0.1) is 5.60 Å². The van der Waals surface area contributed by atoms with Crippen molar-refractivity contribution in [2.24, 2.45) is 11.8 Å². The van der Waals surface area contributed by atoms with Crippen molar-refractivity contribution in [3.05, 3.63) is 71.8 Å². The Bertz CT molecular complexity index is 943. The lowest BCUT2D eigenvalue weighted by atomic mass is 9.84. The van der Waals surface area contributed by atoms with E-state index in [1.165, 1.54) is 11.1 Å². The largest absolute Gasteiger partial charge is 0.480 e. The number of likely N-dealkylation sites (tertiary alicyclic amines) is 2. The molecule has 2 saturated heterocycles. The Hall–Kier alpha value is -2.21. The number of aliphatic hydroxyl groups is 1. The van der Waals surface area contributed by atoms with Gasteiger partial charge in [0.1, 0.15) is 6.04 Å². The zero-order valence-electron chi connectivity index (χ0n) is 22.1. The number of nitrogens with zero attached hydrogens (tertiary/aromatic N) is 2. The average molecular weight is 493 g/mol. The molecule has 0 aliphatic carbocycles. The number of rotatable bonds is 11. The third kappa shape index (κ3) is 6.76. The lowest BCUT2D eigenvalue weighted by molar-refractivity contribution is -0.145. The van der Waals surface area contributed by atoms with Crippen molar-refractivity contribution in [2.45, 2.75) is 69.9 Å². The highest BCUT2D eigenvalue weighted by atomic mass is 16.4. The summed E-state index contributed by atoms with van der Waals surface area (Å²) in [4.78, 5) is 16.9. The lowest BCUT2D eigenvalue weighted by Gasteiger charge is -2.40. The van der Waals surface area contributed by atoms with Crippen LogP contribution in [0.2, 0.25) is 0 Å². The maximum atomic E-state index is 12.2. The maximum absolute atomic E-state index is 12.2. The second-order valence-corrected chi connectivity index (χ2v) is 11.3. The summed E-state index contributed by atoms with van der Waals surface area (Å²) in [6.45, 7) is 8.54. The number of hydrogen-bond donors (Lipinski definition) is 2. The van der Waals surface area contributed by atoms with Gasteiger partial charge in [-0.25, -0.2) is 0 Å². The first-order chi connectivity index (χ1) is 17.4. The number of aliphatic carboxylic acids is 1. The highest BCUT2D eigenvalue weighted by Crippen LogP contribution is 2.37. The predicted molar refractivity (Wildman–Crippen MR) is 145 cm³/mol. The third-order valence-corrected chi connectivity index (χ3v) is 8.76. The Morgan fingerprint density at radius 3 is 2.28 bits per heavy atom. The van der Waals surface area contributed by atoms with E-state index in [-0.39, 0.29) is 5.92 Å². The summed E-state index contributed by atoms with van der Waals surface area (Å²) in [5.41, 5.74) is 2.10. The molecule has 2 aliphatic rings. The van der Waals surface area contributed by atoms with Crippen LogP contribution in [-0.4, -0.2) is 70.3 Å². The van der Waals surface area contributed by atoms with Crippen molar-refractivity contribution in [3.63, 3.8) is 0 Å². The molecule has 2 aromatic rings. The van der Waals surface area contributed by atoms with E-state index in [0.29, 0.717) is 11.8 Å². The summed E-state index contributed by atoms with van der Waals surface area (Å²) in [6.07, 6.45) is 5.39. The van der Waals surface area contributed by atoms with Gasteiger partial charge in [0, 0.05) is 38.6 Å². The fraction of sp³-hybridized carbons (Fsp3) is 0.581. The maximum Gasteiger partial charge on any atom is 0.321 e. The van der Waals surface area contributed by atoms with Gasteiger partial charge in [-0.1, -0.05) is 80.9 Å². The van der Waals surface area contributed by atoms with E-state index < -0.39 is 17.6 Å². The average Bonchev–Trinajstić information content (AvgIpc) is 3.29. The van der Waals surface area contributed by atoms with Crippen LogP contribution in [0, 0.1) is 11.8 Å². The molecule has 2 fully saturated rings. The number of carboxylic acids is 1. The van der Waals surface area contributed by atoms with Crippen molar-refractivity contribution in [1.29, 1.82) is 0 Å². The molecule has 2 aliphatic heterocycles. The summed E-state index contributed by atoms with van der Waals surface area (Å²) >= 11 is 0. The topological polar surface area (TPSA) is 64.0 Å². The van der Waals surface area contributed by atoms with E-state index in [1.54, 1.807) is 0 Å². The van der Waals surface area contributed by atoms with E-state index in [0.717, 1.165) is 71.2 Å². The zero-order valence-corrected chi connectivity index (χ0v) is 22.1. The van der Waals surface area contributed by atoms with Gasteiger partial charge < -0.3 is 15.1 Å². The molecule has 4 atom stereocenters. The van der Waals surface area contributed by atoms with E-state index in [1.807, 2.05) is 12.1 Å². The molecule has 4 rings (SSSR count). The number of benzene rings is 2. The van der Waals surface area contributed by atoms with Crippen LogP contribution in [0.4, 0.5) is 0 Å². The van der Waals surface area contributed by atoms with E-state index >= 15 is 0 Å². The van der Waals surface area contributed by atoms with Crippen molar-refractivity contribution in [1.82, 2.24) is 9.80 Å². The Morgan fingerprint density at radius 2 is 1.67 bits per heavy atom. The third-order valence-electron chi connectivity index (χ3n) is 8.76. The number of aryl methyl sites for hydroxylation is 1. The van der Waals surface area contributed by atoms with Crippen molar-refractivity contribution < 1.29 is 15.0 Å². The van der Waals surface area contributed by atoms with Gasteiger partial charge in [0.15, 0.2) is 0 Å². The van der Waals surface area contributed by atoms with Gasteiger partial charge in [-0.05, 0) is 55.1 Å². The molecule has 4 unspecified atom stereocenters. The van der Waals surface area contributed by atoms with E-state index in [4.69, 9.17) is 0 Å². The molecular formula is C31H44N2O3. The highest BCUT2D eigenvalue weighted by Gasteiger charge is 2.42. The second kappa shape index (κ2) is 12.4. The predicted octanol–water partition coefficient (Wildman–Crippen LogP) is 5.05. The molecule has 5 nitrogen and oxygen atoms in total. The zero-order chi connectivity index (χ0) is 25.5. The smallest absolute Gasteiger partial charge is 0.321 e. The van der Waals surface area contributed by atoms with Gasteiger partial charge in [0.2, 0.25) is 0 Å². The number of carbonyl (C=O) groups is 1. The van der Waals surface area contributed by atoms with Crippen LogP contribution in [0.15, 0.2) is 60.7 Å². The minimum absolute atomic E-state index is 0.124. The first-order valence-electron chi connectivity index (χ1n) is 13.9. The van der Waals surface area contributed by atoms with E-state index in [9.17, 15) is 15.0 Å². The normalized spacial score (nSPS) is 24.4. The molecule has 2 aromatic carbocycles. The summed E-state index contributed by atoms with van der Waals surface area (Å²) in [7, 11) is 0. The SMILES string of the molecule is CCC(C)C(C(=O)O)N1CC(CN2CCC(O)(CCCc3ccccc3)CC2)C(c2ccccc2)C1. The van der Waals surface area contributed by atoms with Gasteiger partial charge in [-0.3, -0.25) is 9.69 Å². The van der Waals surface area contributed by atoms with Gasteiger partial charge in [-0.15, -0.1) is 0 Å². The van der Waals surface area contributed by atoms with Crippen molar-refractivity contribution >= 4 is 5.97 Å². The van der Waals surface area contributed by atoms with Crippen molar-refractivity contribution in [3.8, 4) is 0 Å². The molecular weight excluding hydrogens is 448 g/mol. The molecule has 0 aromatic heterocycles. The Labute approximate surface area is 217 Å². The summed E-state index contributed by atoms with van der Waals surface area (Å²) in [6, 6.07) is 20.7. The van der Waals surface area contributed by atoms with Crippen LogP contribution in [0.3, 0.4) is 0 Å². The van der Waals surface area contributed by atoms with Crippen LogP contribution >= 0.6 is 0 Å². The molecule has 36 heavy (non-hydrogen) atoms. The minimum atomic E-state index is -0.699. The number of hydrogen-bond acceptors (Lipinski definition) is 4. The van der Waals surface area contributed by atoms with Crippen LogP contribution in [-0.2, 0) is 11.2 Å². The highest BCUT2D eigenvalue weighted by molar-refractivity contribution is 5.74. The molecule has 0 spiro atoms. The van der Waals surface area contributed by atoms with Crippen LogP contribution in [0.5, 0.6) is 0 Å². The first kappa shape index (κ1) is 26.8. The van der Waals surface area contributed by atoms with E-state index in [2.05, 4.69) is 72.2 Å². The summed E-state index contributed by atoms with van der Waals surface area (Å²) in [5, 5.41) is 21.2. The molecule has 2 heterocycles. The monoisotopic (exact) mass is 492 g/mol. The molecule has 0 bridgehead atoms. The number of carboxylic acid groups (broad SMARTS) is 1. The molecule has 2 N–H and O–H groups in total. The van der Waals surface area contributed by atoms with Crippen molar-refractivity contribution in [2.75, 3.05) is 32.7 Å². The molecule has 0 radical (unpaired) electrons. The fourth-order valence-electron chi connectivity index (χ4n) is 6.38. The molecule has 0 saturated carbocycles. The molecule has 0 amide bonds. The molecule has 196 valence electrons. The first-order valence-corrected chi connectivity index (χ1v) is 13.9. The lowest BCUT2D eigenvalue weighted by Crippen LogP contribution is -2.47. The minimum Gasteiger partial charge on any atom is -0.480 e. The van der Waals surface area contributed by atoms with Gasteiger partial charge >= 0.3 is 5.97 Å². The standard InChI is InChI=1S/C31H44N2O3/c1-3-24(2)29(30(34)35)33-22-27(28(23-33)26-14-8-5-9-15-26)21-32-19-17-31(36,18-20-32)16-10-13-25-11-6-4-7-12-25/h4-9,11-12,14-15,24,27-29,36H,3,10,13,16-23H2,1-2H3,(H,34,35). The second-order valence-electron chi connectivity index (χ2n) is 11.3. The van der Waals surface area contributed by atoms with Gasteiger partial charge in [0.25, 0.3) is 0 Å². The Balaban J connectivity index is 1.36. The number of piperidine rings is 1. The molecule has 5 heteroatoms. The van der Waals surface area contributed by atoms with Crippen LogP contribution in [0.25, 0.3) is 0 Å². The summed E-state index contributed by atoms with van der Waals surface area (Å²) in [5.74, 6) is 0.153. The Morgan fingerprint density at radius 1 is 1.03 bits per heavy atom. The van der Waals surface area contributed by atoms with Gasteiger partial charge in [-0.2, -0.15) is 0 Å². The Kier molecular flexibility index (Phi) is 9.21. The quantitative estimate of drug-likeness (QED) is 0.460.